The minimum absolute atomic E-state index is 0.00533. The van der Waals surface area contributed by atoms with Crippen LogP contribution in [-0.4, -0.2) is 25.6 Å². The molecule has 0 aliphatic heterocycles. The number of ether oxygens (including phenoxy) is 1. The van der Waals surface area contributed by atoms with Gasteiger partial charge >= 0.3 is 11.7 Å². The molecule has 0 atom stereocenters. The number of thiophene rings is 1. The molecule has 0 aliphatic rings. The molecule has 0 radical (unpaired) electrons. The lowest BCUT2D eigenvalue weighted by Crippen LogP contribution is -2.21. The van der Waals surface area contributed by atoms with Crippen molar-refractivity contribution < 1.29 is 23.4 Å². The van der Waals surface area contributed by atoms with Crippen LogP contribution >= 0.6 is 11.3 Å². The Kier molecular flexibility index (Phi) is 4.45. The molecule has 3 heterocycles. The Labute approximate surface area is 158 Å². The predicted octanol–water partition coefficient (Wildman–Crippen LogP) is 2.36. The van der Waals surface area contributed by atoms with E-state index in [1.165, 1.54) is 23.5 Å². The van der Waals surface area contributed by atoms with E-state index in [9.17, 15) is 19.7 Å². The molecule has 28 heavy (non-hydrogen) atoms. The number of carbonyl (C=O) groups is 1. The Balaban J connectivity index is 1.45. The minimum atomic E-state index is -0.827. The van der Waals surface area contributed by atoms with Crippen molar-refractivity contribution in [3.05, 3.63) is 62.2 Å². The van der Waals surface area contributed by atoms with Crippen molar-refractivity contribution in [2.75, 3.05) is 0 Å². The average Bonchev–Trinajstić information content (AvgIpc) is 3.40. The van der Waals surface area contributed by atoms with Crippen molar-refractivity contribution in [2.45, 2.75) is 13.2 Å². The van der Waals surface area contributed by atoms with Crippen LogP contribution in [0.3, 0.4) is 0 Å². The molecule has 11 nitrogen and oxygen atoms in total. The summed E-state index contributed by atoms with van der Waals surface area (Å²) in [5.41, 5.74) is 0.0208. The number of fused-ring (bicyclic) bond motifs is 1. The first kappa shape index (κ1) is 17.6. The number of oxazole rings is 1. The summed E-state index contributed by atoms with van der Waals surface area (Å²) in [6.45, 7) is -0.664. The molecule has 0 N–H and O–H groups in total. The molecule has 0 bridgehead atoms. The van der Waals surface area contributed by atoms with Crippen LogP contribution in [0.4, 0.5) is 5.69 Å². The van der Waals surface area contributed by atoms with E-state index in [1.807, 2.05) is 17.5 Å². The zero-order valence-electron chi connectivity index (χ0n) is 13.9. The number of nitro groups is 1. The topological polar surface area (TPSA) is 144 Å². The van der Waals surface area contributed by atoms with E-state index in [0.29, 0.717) is 5.89 Å². The standard InChI is InChI=1S/C16H10N4O7S/c21-14(25-8-13-17-15(27-18-13)12-2-1-5-28-12)7-19-10-4-3-9(20(23)24)6-11(10)26-16(19)22/h1-6H,7-8H2. The van der Waals surface area contributed by atoms with Gasteiger partial charge in [-0.1, -0.05) is 11.2 Å². The molecule has 0 amide bonds. The number of non-ortho nitro benzene ring substituents is 1. The summed E-state index contributed by atoms with van der Waals surface area (Å²) in [5.74, 6) is -1.06. The summed E-state index contributed by atoms with van der Waals surface area (Å²) in [5, 5.41) is 16.4. The number of nitro benzene ring substituents is 1. The van der Waals surface area contributed by atoms with E-state index in [-0.39, 0.29) is 29.2 Å². The van der Waals surface area contributed by atoms with E-state index < -0.39 is 23.2 Å². The van der Waals surface area contributed by atoms with Crippen molar-refractivity contribution in [3.63, 3.8) is 0 Å². The number of benzene rings is 1. The second-order valence-electron chi connectivity index (χ2n) is 5.52. The van der Waals surface area contributed by atoms with Gasteiger partial charge in [-0.2, -0.15) is 4.98 Å². The van der Waals surface area contributed by atoms with E-state index >= 15 is 0 Å². The molecule has 0 aliphatic carbocycles. The second-order valence-corrected chi connectivity index (χ2v) is 6.46. The van der Waals surface area contributed by atoms with Crippen molar-refractivity contribution >= 4 is 34.1 Å². The molecule has 0 spiro atoms. The van der Waals surface area contributed by atoms with Gasteiger partial charge in [-0.3, -0.25) is 19.5 Å². The van der Waals surface area contributed by atoms with Crippen molar-refractivity contribution in [1.82, 2.24) is 14.7 Å². The smallest absolute Gasteiger partial charge is 0.420 e. The van der Waals surface area contributed by atoms with E-state index in [0.717, 1.165) is 15.5 Å². The van der Waals surface area contributed by atoms with Crippen LogP contribution in [0.2, 0.25) is 0 Å². The molecular formula is C16H10N4O7S. The maximum absolute atomic E-state index is 12.1. The first-order chi connectivity index (χ1) is 13.5. The highest BCUT2D eigenvalue weighted by Gasteiger charge is 2.17. The SMILES string of the molecule is O=C(Cn1c(=O)oc2cc([N+](=O)[O-])ccc21)OCc1noc(-c2cccs2)n1. The number of rotatable bonds is 6. The molecular weight excluding hydrogens is 392 g/mol. The molecule has 0 saturated carbocycles. The van der Waals surface area contributed by atoms with Gasteiger partial charge in [0.15, 0.2) is 12.2 Å². The summed E-state index contributed by atoms with van der Waals surface area (Å²) >= 11 is 1.43. The zero-order chi connectivity index (χ0) is 19.7. The monoisotopic (exact) mass is 402 g/mol. The Bertz CT molecular complexity index is 1220. The van der Waals surface area contributed by atoms with Crippen molar-refractivity contribution in [2.24, 2.45) is 0 Å². The third-order valence-corrected chi connectivity index (χ3v) is 4.57. The van der Waals surface area contributed by atoms with Gasteiger partial charge in [-0.05, 0) is 17.5 Å². The van der Waals surface area contributed by atoms with Crippen molar-refractivity contribution in [1.29, 1.82) is 0 Å². The summed E-state index contributed by atoms with van der Waals surface area (Å²) in [7, 11) is 0. The van der Waals surface area contributed by atoms with Gasteiger partial charge in [0.05, 0.1) is 21.4 Å². The molecule has 12 heteroatoms. The van der Waals surface area contributed by atoms with E-state index in [2.05, 4.69) is 10.1 Å². The third-order valence-electron chi connectivity index (χ3n) is 3.71. The average molecular weight is 402 g/mol. The number of nitrogens with zero attached hydrogens (tertiary/aromatic N) is 4. The fourth-order valence-electron chi connectivity index (χ4n) is 2.45. The lowest BCUT2D eigenvalue weighted by molar-refractivity contribution is -0.384. The number of esters is 1. The fraction of sp³-hybridized carbons (Fsp3) is 0.125. The lowest BCUT2D eigenvalue weighted by atomic mass is 10.3. The highest BCUT2D eigenvalue weighted by Crippen LogP contribution is 2.23. The van der Waals surface area contributed by atoms with Gasteiger partial charge < -0.3 is 13.7 Å². The summed E-state index contributed by atoms with van der Waals surface area (Å²) in [4.78, 5) is 39.1. The summed E-state index contributed by atoms with van der Waals surface area (Å²) in [6, 6.07) is 7.31. The lowest BCUT2D eigenvalue weighted by Gasteiger charge is -2.02. The van der Waals surface area contributed by atoms with Gasteiger partial charge in [0.25, 0.3) is 11.6 Å². The van der Waals surface area contributed by atoms with E-state index in [4.69, 9.17) is 13.7 Å². The molecule has 4 rings (SSSR count). The number of hydrogen-bond donors (Lipinski definition) is 0. The van der Waals surface area contributed by atoms with Crippen LogP contribution in [0.25, 0.3) is 21.9 Å². The first-order valence-electron chi connectivity index (χ1n) is 7.81. The molecule has 0 unspecified atom stereocenters. The maximum Gasteiger partial charge on any atom is 0.420 e. The first-order valence-corrected chi connectivity index (χ1v) is 8.69. The van der Waals surface area contributed by atoms with Crippen LogP contribution in [0.1, 0.15) is 5.82 Å². The Morgan fingerprint density at radius 1 is 1.36 bits per heavy atom. The minimum Gasteiger partial charge on any atom is -0.456 e. The van der Waals surface area contributed by atoms with Crippen LogP contribution in [0.5, 0.6) is 0 Å². The van der Waals surface area contributed by atoms with Gasteiger partial charge in [-0.25, -0.2) is 4.79 Å². The Hall–Kier alpha value is -3.80. The van der Waals surface area contributed by atoms with Gasteiger partial charge in [0.1, 0.15) is 6.54 Å². The molecule has 1 aromatic carbocycles. The van der Waals surface area contributed by atoms with Gasteiger partial charge in [0.2, 0.25) is 5.82 Å². The summed E-state index contributed by atoms with van der Waals surface area (Å²) < 4.78 is 16.1. The van der Waals surface area contributed by atoms with E-state index in [1.54, 1.807) is 0 Å². The molecule has 3 aromatic heterocycles. The summed E-state index contributed by atoms with van der Waals surface area (Å²) in [6.07, 6.45) is 0. The number of hydrogen-bond acceptors (Lipinski definition) is 10. The molecule has 0 saturated heterocycles. The van der Waals surface area contributed by atoms with Crippen LogP contribution in [-0.2, 0) is 22.7 Å². The Morgan fingerprint density at radius 2 is 2.21 bits per heavy atom. The Morgan fingerprint density at radius 3 is 2.96 bits per heavy atom. The molecule has 4 aromatic rings. The van der Waals surface area contributed by atoms with Crippen LogP contribution < -0.4 is 5.76 Å². The number of aromatic nitrogens is 3. The zero-order valence-corrected chi connectivity index (χ0v) is 14.7. The van der Waals surface area contributed by atoms with Crippen LogP contribution in [0, 0.1) is 10.1 Å². The highest BCUT2D eigenvalue weighted by molar-refractivity contribution is 7.13. The third kappa shape index (κ3) is 3.40. The quantitative estimate of drug-likeness (QED) is 0.269. The largest absolute Gasteiger partial charge is 0.456 e. The predicted molar refractivity (Wildman–Crippen MR) is 94.5 cm³/mol. The van der Waals surface area contributed by atoms with Crippen LogP contribution in [0.15, 0.2) is 49.4 Å². The van der Waals surface area contributed by atoms with Gasteiger partial charge in [0, 0.05) is 6.07 Å². The normalized spacial score (nSPS) is 11.0. The molecule has 142 valence electrons. The van der Waals surface area contributed by atoms with Crippen molar-refractivity contribution in [3.8, 4) is 10.8 Å². The second kappa shape index (κ2) is 7.08. The van der Waals surface area contributed by atoms with Gasteiger partial charge in [-0.15, -0.1) is 11.3 Å². The highest BCUT2D eigenvalue weighted by atomic mass is 32.1. The number of carbonyl (C=O) groups excluding carboxylic acids is 1. The fourth-order valence-corrected chi connectivity index (χ4v) is 3.10. The maximum atomic E-state index is 12.1. The molecule has 0 fully saturated rings.